The lowest BCUT2D eigenvalue weighted by atomic mass is 9.97. The first-order valence-corrected chi connectivity index (χ1v) is 8.92. The molecule has 0 bridgehead atoms. The van der Waals surface area contributed by atoms with Gasteiger partial charge in [0.15, 0.2) is 0 Å². The van der Waals surface area contributed by atoms with Crippen LogP contribution in [0.2, 0.25) is 0 Å². The molecule has 1 aliphatic heterocycles. The number of esters is 1. The number of carbonyl (C=O) groups excluding carboxylic acids is 2. The van der Waals surface area contributed by atoms with E-state index in [9.17, 15) is 14.4 Å². The van der Waals surface area contributed by atoms with Crippen molar-refractivity contribution in [1.29, 1.82) is 0 Å². The number of amides is 1. The van der Waals surface area contributed by atoms with Gasteiger partial charge in [0.1, 0.15) is 6.54 Å². The van der Waals surface area contributed by atoms with E-state index in [0.717, 1.165) is 5.39 Å². The molecule has 1 fully saturated rings. The molecule has 3 rings (SSSR count). The van der Waals surface area contributed by atoms with Crippen molar-refractivity contribution in [2.75, 3.05) is 19.7 Å². The summed E-state index contributed by atoms with van der Waals surface area (Å²) in [5.74, 6) is -0.498. The highest BCUT2D eigenvalue weighted by Crippen LogP contribution is 2.19. The van der Waals surface area contributed by atoms with E-state index >= 15 is 0 Å². The normalized spacial score (nSPS) is 15.2. The van der Waals surface area contributed by atoms with Crippen LogP contribution >= 0.6 is 0 Å². The molecule has 1 amide bonds. The van der Waals surface area contributed by atoms with Gasteiger partial charge >= 0.3 is 5.97 Å². The Hall–Kier alpha value is -2.70. The lowest BCUT2D eigenvalue weighted by molar-refractivity contribution is -0.151. The molecule has 7 nitrogen and oxygen atoms in total. The molecular formula is C19H23N3O4. The van der Waals surface area contributed by atoms with Crippen molar-refractivity contribution in [3.63, 3.8) is 0 Å². The number of aromatic nitrogens is 2. The smallest absolute Gasteiger partial charge is 0.309 e. The van der Waals surface area contributed by atoms with Crippen molar-refractivity contribution in [3.8, 4) is 0 Å². The number of rotatable bonds is 4. The molecule has 0 atom stereocenters. The summed E-state index contributed by atoms with van der Waals surface area (Å²) in [5.41, 5.74) is 0.454. The fraction of sp³-hybridized carbons (Fsp3) is 0.474. The summed E-state index contributed by atoms with van der Waals surface area (Å²) in [5, 5.41) is 5.65. The van der Waals surface area contributed by atoms with Gasteiger partial charge in [-0.2, -0.15) is 5.10 Å². The zero-order chi connectivity index (χ0) is 18.7. The Morgan fingerprint density at radius 2 is 1.85 bits per heavy atom. The molecule has 1 saturated heterocycles. The summed E-state index contributed by atoms with van der Waals surface area (Å²) in [6, 6.07) is 7.26. The van der Waals surface area contributed by atoms with E-state index in [1.54, 1.807) is 24.0 Å². The Morgan fingerprint density at radius 3 is 2.50 bits per heavy atom. The number of nitrogens with zero attached hydrogens (tertiary/aromatic N) is 3. The van der Waals surface area contributed by atoms with Crippen LogP contribution in [0.1, 0.15) is 25.5 Å². The maximum Gasteiger partial charge on any atom is 0.309 e. The van der Waals surface area contributed by atoms with Gasteiger partial charge in [0.25, 0.3) is 5.56 Å². The Kier molecular flexibility index (Phi) is 5.35. The Morgan fingerprint density at radius 1 is 1.19 bits per heavy atom. The summed E-state index contributed by atoms with van der Waals surface area (Å²) in [6.45, 7) is 4.87. The number of ether oxygens (including phenoxy) is 1. The van der Waals surface area contributed by atoms with E-state index in [1.165, 1.54) is 4.68 Å². The van der Waals surface area contributed by atoms with Crippen molar-refractivity contribution in [2.24, 2.45) is 5.92 Å². The van der Waals surface area contributed by atoms with Gasteiger partial charge in [-0.25, -0.2) is 4.68 Å². The first-order chi connectivity index (χ1) is 12.5. The average Bonchev–Trinajstić information content (AvgIpc) is 2.66. The van der Waals surface area contributed by atoms with Crippen molar-refractivity contribution in [3.05, 3.63) is 40.3 Å². The van der Waals surface area contributed by atoms with Crippen molar-refractivity contribution >= 4 is 22.6 Å². The topological polar surface area (TPSA) is 81.5 Å². The second kappa shape index (κ2) is 7.68. The van der Waals surface area contributed by atoms with E-state index in [1.807, 2.05) is 19.1 Å². The van der Waals surface area contributed by atoms with Crippen molar-refractivity contribution < 1.29 is 14.3 Å². The molecule has 1 aromatic heterocycles. The van der Waals surface area contributed by atoms with Gasteiger partial charge in [0, 0.05) is 18.5 Å². The van der Waals surface area contributed by atoms with Gasteiger partial charge in [-0.05, 0) is 32.8 Å². The van der Waals surface area contributed by atoms with Crippen LogP contribution < -0.4 is 5.56 Å². The van der Waals surface area contributed by atoms with Crippen LogP contribution in [0.4, 0.5) is 0 Å². The fourth-order valence-electron chi connectivity index (χ4n) is 3.36. The Labute approximate surface area is 151 Å². The summed E-state index contributed by atoms with van der Waals surface area (Å²) in [4.78, 5) is 38.6. The number of benzene rings is 1. The fourth-order valence-corrected chi connectivity index (χ4v) is 3.36. The van der Waals surface area contributed by atoms with Crippen molar-refractivity contribution in [1.82, 2.24) is 14.7 Å². The second-order valence-electron chi connectivity index (χ2n) is 6.50. The lowest BCUT2D eigenvalue weighted by Gasteiger charge is -2.31. The number of carbonyl (C=O) groups is 2. The molecule has 1 aromatic carbocycles. The van der Waals surface area contributed by atoms with Gasteiger partial charge in [-0.15, -0.1) is 0 Å². The van der Waals surface area contributed by atoms with Crippen LogP contribution in [-0.2, 0) is 20.9 Å². The van der Waals surface area contributed by atoms with Crippen LogP contribution in [0.3, 0.4) is 0 Å². The molecule has 0 radical (unpaired) electrons. The van der Waals surface area contributed by atoms with Gasteiger partial charge in [0.05, 0.1) is 23.6 Å². The van der Waals surface area contributed by atoms with Crippen LogP contribution in [0.25, 0.3) is 10.8 Å². The minimum Gasteiger partial charge on any atom is -0.466 e. The lowest BCUT2D eigenvalue weighted by Crippen LogP contribution is -2.43. The SMILES string of the molecule is CCOC(=O)C1CCN(C(=O)Cn2nc(C)c3ccccc3c2=O)CC1. The molecule has 2 aromatic rings. The Bertz CT molecular complexity index is 882. The monoisotopic (exact) mass is 357 g/mol. The molecule has 0 unspecified atom stereocenters. The van der Waals surface area contributed by atoms with E-state index in [2.05, 4.69) is 5.10 Å². The molecule has 1 aliphatic rings. The summed E-state index contributed by atoms with van der Waals surface area (Å²) in [6.07, 6.45) is 1.17. The molecule has 0 aliphatic carbocycles. The summed E-state index contributed by atoms with van der Waals surface area (Å²) >= 11 is 0. The Balaban J connectivity index is 1.70. The summed E-state index contributed by atoms with van der Waals surface area (Å²) < 4.78 is 6.28. The summed E-state index contributed by atoms with van der Waals surface area (Å²) in [7, 11) is 0. The molecule has 26 heavy (non-hydrogen) atoms. The van der Waals surface area contributed by atoms with Gasteiger partial charge in [-0.3, -0.25) is 14.4 Å². The number of likely N-dealkylation sites (tertiary alicyclic amines) is 1. The van der Waals surface area contributed by atoms with Crippen molar-refractivity contribution in [2.45, 2.75) is 33.2 Å². The van der Waals surface area contributed by atoms with E-state index < -0.39 is 0 Å². The molecular weight excluding hydrogens is 334 g/mol. The first kappa shape index (κ1) is 18.1. The molecule has 2 heterocycles. The third-order valence-corrected chi connectivity index (χ3v) is 4.81. The maximum atomic E-state index is 12.6. The van der Waals surface area contributed by atoms with Gasteiger partial charge in [0.2, 0.25) is 5.91 Å². The molecule has 0 saturated carbocycles. The maximum absolute atomic E-state index is 12.6. The molecule has 7 heteroatoms. The van der Waals surface area contributed by atoms with E-state index in [4.69, 9.17) is 4.74 Å². The average molecular weight is 357 g/mol. The second-order valence-corrected chi connectivity index (χ2v) is 6.50. The first-order valence-electron chi connectivity index (χ1n) is 8.92. The predicted molar refractivity (Wildman–Crippen MR) is 96.7 cm³/mol. The standard InChI is InChI=1S/C19H23N3O4/c1-3-26-19(25)14-8-10-21(11-9-14)17(23)12-22-18(24)16-7-5-4-6-15(16)13(2)20-22/h4-7,14H,3,8-12H2,1-2H3. The van der Waals surface area contributed by atoms with E-state index in [0.29, 0.717) is 43.6 Å². The molecule has 0 spiro atoms. The number of aryl methyl sites for hydroxylation is 1. The van der Waals surface area contributed by atoms with E-state index in [-0.39, 0.29) is 29.9 Å². The minimum absolute atomic E-state index is 0.0887. The number of piperidine rings is 1. The van der Waals surface area contributed by atoms with Gasteiger partial charge in [-0.1, -0.05) is 18.2 Å². The number of fused-ring (bicyclic) bond motifs is 1. The van der Waals surface area contributed by atoms with Crippen LogP contribution in [-0.4, -0.2) is 46.3 Å². The number of hydrogen-bond acceptors (Lipinski definition) is 5. The quantitative estimate of drug-likeness (QED) is 0.775. The highest BCUT2D eigenvalue weighted by Gasteiger charge is 2.28. The largest absolute Gasteiger partial charge is 0.466 e. The van der Waals surface area contributed by atoms with Gasteiger partial charge < -0.3 is 9.64 Å². The molecule has 138 valence electrons. The van der Waals surface area contributed by atoms with Crippen LogP contribution in [0.5, 0.6) is 0 Å². The van der Waals surface area contributed by atoms with Crippen LogP contribution in [0, 0.1) is 12.8 Å². The predicted octanol–water partition coefficient (Wildman–Crippen LogP) is 1.51. The molecule has 0 N–H and O–H groups in total. The minimum atomic E-state index is -0.263. The third kappa shape index (κ3) is 3.61. The third-order valence-electron chi connectivity index (χ3n) is 4.81. The highest BCUT2D eigenvalue weighted by atomic mass is 16.5. The zero-order valence-corrected chi connectivity index (χ0v) is 15.1. The van der Waals surface area contributed by atoms with Crippen LogP contribution in [0.15, 0.2) is 29.1 Å². The highest BCUT2D eigenvalue weighted by molar-refractivity contribution is 5.83. The number of hydrogen-bond donors (Lipinski definition) is 0. The zero-order valence-electron chi connectivity index (χ0n) is 15.1.